The van der Waals surface area contributed by atoms with Gasteiger partial charge in [0.15, 0.2) is 0 Å². The molecular formula is C12H19F. The minimum atomic E-state index is -0.0128. The molecule has 0 unspecified atom stereocenters. The Bertz CT molecular complexity index is 254. The molecule has 0 saturated heterocycles. The fourth-order valence-corrected chi connectivity index (χ4v) is 1.08. The molecule has 0 saturated carbocycles. The van der Waals surface area contributed by atoms with Crippen LogP contribution in [0, 0.1) is 0 Å². The highest BCUT2D eigenvalue weighted by molar-refractivity contribution is 5.38. The van der Waals surface area contributed by atoms with Crippen LogP contribution in [-0.2, 0) is 0 Å². The number of allylic oxidation sites excluding steroid dienone is 6. The minimum absolute atomic E-state index is 0.0128. The van der Waals surface area contributed by atoms with E-state index in [4.69, 9.17) is 0 Å². The van der Waals surface area contributed by atoms with Gasteiger partial charge < -0.3 is 0 Å². The minimum Gasteiger partial charge on any atom is -0.211 e. The topological polar surface area (TPSA) is 0 Å². The van der Waals surface area contributed by atoms with Crippen molar-refractivity contribution < 1.29 is 4.39 Å². The van der Waals surface area contributed by atoms with E-state index in [1.807, 2.05) is 46.8 Å². The predicted molar refractivity (Wildman–Crippen MR) is 57.3 cm³/mol. The summed E-state index contributed by atoms with van der Waals surface area (Å²) in [6, 6.07) is 0. The van der Waals surface area contributed by atoms with Crippen LogP contribution < -0.4 is 0 Å². The molecule has 1 aliphatic carbocycles. The first-order chi connectivity index (χ1) is 6.11. The lowest BCUT2D eigenvalue weighted by molar-refractivity contribution is 0.609. The van der Waals surface area contributed by atoms with Crippen LogP contribution in [0.5, 0.6) is 0 Å². The smallest absolute Gasteiger partial charge is 0.107 e. The molecule has 0 atom stereocenters. The first kappa shape index (κ1) is 12.2. The summed E-state index contributed by atoms with van der Waals surface area (Å²) in [6.07, 6.45) is 4.28. The van der Waals surface area contributed by atoms with E-state index in [9.17, 15) is 4.39 Å². The lowest BCUT2D eigenvalue weighted by Gasteiger charge is -1.96. The van der Waals surface area contributed by atoms with Gasteiger partial charge in [0.2, 0.25) is 0 Å². The number of hydrogen-bond acceptors (Lipinski definition) is 0. The van der Waals surface area contributed by atoms with Gasteiger partial charge in [0.25, 0.3) is 0 Å². The third-order valence-corrected chi connectivity index (χ3v) is 2.07. The quantitative estimate of drug-likeness (QED) is 0.515. The summed E-state index contributed by atoms with van der Waals surface area (Å²) in [5, 5.41) is 0. The molecule has 0 amide bonds. The van der Waals surface area contributed by atoms with Crippen molar-refractivity contribution in [3.63, 3.8) is 0 Å². The van der Waals surface area contributed by atoms with Gasteiger partial charge in [-0.1, -0.05) is 31.6 Å². The molecule has 0 radical (unpaired) electrons. The SMILES string of the molecule is CC.CC1=CCC(F)=C(C)C=C1C. The van der Waals surface area contributed by atoms with Gasteiger partial charge in [0, 0.05) is 6.42 Å². The number of hydrogen-bond donors (Lipinski definition) is 0. The van der Waals surface area contributed by atoms with E-state index in [-0.39, 0.29) is 5.83 Å². The van der Waals surface area contributed by atoms with Crippen LogP contribution >= 0.6 is 0 Å². The van der Waals surface area contributed by atoms with Crippen molar-refractivity contribution in [2.24, 2.45) is 0 Å². The van der Waals surface area contributed by atoms with E-state index in [1.54, 1.807) is 0 Å². The Balaban J connectivity index is 0.000000671. The van der Waals surface area contributed by atoms with Gasteiger partial charge in [-0.2, -0.15) is 0 Å². The fraction of sp³-hybridized carbons (Fsp3) is 0.500. The molecular weight excluding hydrogens is 163 g/mol. The first-order valence-corrected chi connectivity index (χ1v) is 4.82. The molecule has 1 heteroatoms. The molecule has 1 rings (SSSR count). The van der Waals surface area contributed by atoms with Crippen molar-refractivity contribution in [3.05, 3.63) is 34.7 Å². The Hall–Kier alpha value is -0.850. The number of rotatable bonds is 0. The third kappa shape index (κ3) is 3.58. The zero-order valence-electron chi connectivity index (χ0n) is 9.24. The van der Waals surface area contributed by atoms with Crippen molar-refractivity contribution in [1.29, 1.82) is 0 Å². The van der Waals surface area contributed by atoms with Gasteiger partial charge in [-0.25, -0.2) is 4.39 Å². The summed E-state index contributed by atoms with van der Waals surface area (Å²) >= 11 is 0. The Kier molecular flexibility index (Phi) is 5.36. The van der Waals surface area contributed by atoms with Crippen LogP contribution in [0.15, 0.2) is 34.7 Å². The maximum Gasteiger partial charge on any atom is 0.107 e. The summed E-state index contributed by atoms with van der Waals surface area (Å²) in [7, 11) is 0. The lowest BCUT2D eigenvalue weighted by Crippen LogP contribution is -1.76. The molecule has 13 heavy (non-hydrogen) atoms. The van der Waals surface area contributed by atoms with Gasteiger partial charge in [-0.15, -0.1) is 0 Å². The Morgan fingerprint density at radius 3 is 2.15 bits per heavy atom. The van der Waals surface area contributed by atoms with E-state index in [0.29, 0.717) is 6.42 Å². The average Bonchev–Trinajstić information content (AvgIpc) is 2.24. The molecule has 1 aliphatic rings. The maximum absolute atomic E-state index is 13.0. The molecule has 0 fully saturated rings. The summed E-state index contributed by atoms with van der Waals surface area (Å²) in [5.74, 6) is -0.0128. The zero-order valence-corrected chi connectivity index (χ0v) is 9.24. The van der Waals surface area contributed by atoms with E-state index in [1.165, 1.54) is 5.57 Å². The highest BCUT2D eigenvalue weighted by Gasteiger charge is 2.04. The third-order valence-electron chi connectivity index (χ3n) is 2.07. The van der Waals surface area contributed by atoms with Crippen molar-refractivity contribution in [1.82, 2.24) is 0 Å². The summed E-state index contributed by atoms with van der Waals surface area (Å²) in [4.78, 5) is 0. The summed E-state index contributed by atoms with van der Waals surface area (Å²) in [5.41, 5.74) is 3.10. The van der Waals surface area contributed by atoms with Crippen LogP contribution in [0.25, 0.3) is 0 Å². The molecule has 0 aromatic rings. The van der Waals surface area contributed by atoms with Crippen molar-refractivity contribution in [3.8, 4) is 0 Å². The number of halogens is 1. The summed E-state index contributed by atoms with van der Waals surface area (Å²) < 4.78 is 13.0. The van der Waals surface area contributed by atoms with Crippen molar-refractivity contribution >= 4 is 0 Å². The largest absolute Gasteiger partial charge is 0.211 e. The molecule has 0 aliphatic heterocycles. The van der Waals surface area contributed by atoms with E-state index in [2.05, 4.69) is 0 Å². The summed E-state index contributed by atoms with van der Waals surface area (Å²) in [6.45, 7) is 9.83. The Labute approximate surface area is 80.9 Å². The monoisotopic (exact) mass is 182 g/mol. The van der Waals surface area contributed by atoms with Gasteiger partial charge in [-0.3, -0.25) is 0 Å². The van der Waals surface area contributed by atoms with Gasteiger partial charge in [-0.05, 0) is 31.9 Å². The van der Waals surface area contributed by atoms with Gasteiger partial charge in [0.1, 0.15) is 5.83 Å². The molecule has 0 bridgehead atoms. The van der Waals surface area contributed by atoms with Crippen LogP contribution in [0.2, 0.25) is 0 Å². The molecule has 0 aromatic carbocycles. The van der Waals surface area contributed by atoms with Gasteiger partial charge in [0.05, 0.1) is 0 Å². The van der Waals surface area contributed by atoms with Crippen molar-refractivity contribution in [2.75, 3.05) is 0 Å². The molecule has 0 nitrogen and oxygen atoms in total. The second-order valence-electron chi connectivity index (χ2n) is 3.01. The van der Waals surface area contributed by atoms with Gasteiger partial charge >= 0.3 is 0 Å². The molecule has 0 heterocycles. The van der Waals surface area contributed by atoms with Crippen molar-refractivity contribution in [2.45, 2.75) is 41.0 Å². The second kappa shape index (κ2) is 5.74. The van der Waals surface area contributed by atoms with Crippen LogP contribution in [0.1, 0.15) is 41.0 Å². The standard InChI is InChI=1S/C10H13F.C2H6/c1-7-4-5-10(11)9(3)6-8(7)2;1-2/h4,6H,5H2,1-3H3;1-2H3. The predicted octanol–water partition coefficient (Wildman–Crippen LogP) is 4.55. The fourth-order valence-electron chi connectivity index (χ4n) is 1.08. The van der Waals surface area contributed by atoms with Crippen LogP contribution in [-0.4, -0.2) is 0 Å². The molecule has 74 valence electrons. The molecule has 0 aromatic heterocycles. The van der Waals surface area contributed by atoms with E-state index < -0.39 is 0 Å². The Morgan fingerprint density at radius 2 is 1.62 bits per heavy atom. The highest BCUT2D eigenvalue weighted by atomic mass is 19.1. The van der Waals surface area contributed by atoms with E-state index in [0.717, 1.165) is 11.1 Å². The van der Waals surface area contributed by atoms with Crippen LogP contribution in [0.3, 0.4) is 0 Å². The molecule has 0 spiro atoms. The molecule has 0 N–H and O–H groups in total. The maximum atomic E-state index is 13.0. The normalized spacial score (nSPS) is 16.8. The second-order valence-corrected chi connectivity index (χ2v) is 3.01. The van der Waals surface area contributed by atoms with E-state index >= 15 is 0 Å². The highest BCUT2D eigenvalue weighted by Crippen LogP contribution is 2.22. The zero-order chi connectivity index (χ0) is 10.4. The van der Waals surface area contributed by atoms with Crippen LogP contribution in [0.4, 0.5) is 4.39 Å². The lowest BCUT2D eigenvalue weighted by atomic mass is 10.1. The first-order valence-electron chi connectivity index (χ1n) is 4.82. The average molecular weight is 182 g/mol. The Morgan fingerprint density at radius 1 is 1.08 bits per heavy atom.